The Morgan fingerprint density at radius 2 is 2.10 bits per heavy atom. The van der Waals surface area contributed by atoms with Crippen molar-refractivity contribution in [2.45, 2.75) is 45.8 Å². The van der Waals surface area contributed by atoms with Gasteiger partial charge in [0, 0.05) is 18.2 Å². The molecule has 1 aliphatic rings. The molecule has 20 heavy (non-hydrogen) atoms. The highest BCUT2D eigenvalue weighted by Crippen LogP contribution is 2.40. The molecule has 112 valence electrons. The van der Waals surface area contributed by atoms with Gasteiger partial charge in [-0.15, -0.1) is 0 Å². The van der Waals surface area contributed by atoms with Crippen LogP contribution in [0.3, 0.4) is 0 Å². The Morgan fingerprint density at radius 3 is 2.65 bits per heavy atom. The Hall–Kier alpha value is -1.59. The zero-order chi connectivity index (χ0) is 14.9. The van der Waals surface area contributed by atoms with Crippen molar-refractivity contribution in [1.29, 1.82) is 0 Å². The van der Waals surface area contributed by atoms with Gasteiger partial charge in [-0.3, -0.25) is 0 Å². The van der Waals surface area contributed by atoms with Gasteiger partial charge in [-0.25, -0.2) is 4.39 Å². The monoisotopic (exact) mass is 288 g/mol. The second-order valence-corrected chi connectivity index (χ2v) is 5.83. The lowest BCUT2D eigenvalue weighted by Crippen LogP contribution is -2.31. The van der Waals surface area contributed by atoms with Crippen molar-refractivity contribution in [2.24, 2.45) is 5.41 Å². The molecule has 0 aliphatic heterocycles. The predicted octanol–water partition coefficient (Wildman–Crippen LogP) is 4.00. The Kier molecular flexibility index (Phi) is 4.01. The summed E-state index contributed by atoms with van der Waals surface area (Å²) < 4.78 is 42.1. The number of nitrogens with two attached hydrogens (primary N) is 1. The molecule has 1 aromatic carbocycles. The molecule has 3 N–H and O–H groups in total. The minimum Gasteiger partial charge on any atom is -0.432 e. The van der Waals surface area contributed by atoms with Crippen molar-refractivity contribution in [3.8, 4) is 5.75 Å². The first-order valence-electron chi connectivity index (χ1n) is 6.60. The van der Waals surface area contributed by atoms with E-state index in [0.717, 1.165) is 25.3 Å². The fourth-order valence-electron chi connectivity index (χ4n) is 2.66. The average molecular weight is 288 g/mol. The lowest BCUT2D eigenvalue weighted by atomic mass is 9.87. The Labute approximate surface area is 116 Å². The van der Waals surface area contributed by atoms with Crippen LogP contribution in [0.15, 0.2) is 12.1 Å². The van der Waals surface area contributed by atoms with E-state index in [2.05, 4.69) is 23.9 Å². The summed E-state index contributed by atoms with van der Waals surface area (Å²) in [6.07, 6.45) is 3.13. The van der Waals surface area contributed by atoms with Gasteiger partial charge in [-0.2, -0.15) is 8.78 Å². The quantitative estimate of drug-likeness (QED) is 0.823. The van der Waals surface area contributed by atoms with Crippen molar-refractivity contribution >= 4 is 11.4 Å². The zero-order valence-electron chi connectivity index (χ0n) is 11.6. The molecule has 0 heterocycles. The predicted molar refractivity (Wildman–Crippen MR) is 72.5 cm³/mol. The molecule has 0 amide bonds. The third kappa shape index (κ3) is 3.11. The molecular formula is C14H19F3N2O. The second-order valence-electron chi connectivity index (χ2n) is 5.83. The zero-order valence-corrected chi connectivity index (χ0v) is 11.6. The van der Waals surface area contributed by atoms with Gasteiger partial charge in [-0.05, 0) is 18.3 Å². The second kappa shape index (κ2) is 5.42. The number of hydrogen-bond acceptors (Lipinski definition) is 3. The van der Waals surface area contributed by atoms with Crippen LogP contribution in [0.5, 0.6) is 5.75 Å². The Bertz CT molecular complexity index is 492. The highest BCUT2D eigenvalue weighted by molar-refractivity contribution is 5.69. The maximum atomic E-state index is 13.5. The molecule has 3 nitrogen and oxygen atoms in total. The van der Waals surface area contributed by atoms with E-state index in [9.17, 15) is 13.2 Å². The van der Waals surface area contributed by atoms with Crippen molar-refractivity contribution in [2.75, 3.05) is 11.1 Å². The van der Waals surface area contributed by atoms with E-state index in [1.807, 2.05) is 0 Å². The van der Waals surface area contributed by atoms with Crippen LogP contribution in [-0.2, 0) is 0 Å². The van der Waals surface area contributed by atoms with Gasteiger partial charge < -0.3 is 15.8 Å². The summed E-state index contributed by atoms with van der Waals surface area (Å²) in [6, 6.07) is 2.38. The van der Waals surface area contributed by atoms with E-state index in [0.29, 0.717) is 5.69 Å². The van der Waals surface area contributed by atoms with Gasteiger partial charge in [0.15, 0.2) is 11.6 Å². The van der Waals surface area contributed by atoms with Gasteiger partial charge in [0.2, 0.25) is 0 Å². The largest absolute Gasteiger partial charge is 0.432 e. The number of benzene rings is 1. The molecule has 1 saturated carbocycles. The summed E-state index contributed by atoms with van der Waals surface area (Å²) >= 11 is 0. The van der Waals surface area contributed by atoms with Crippen molar-refractivity contribution in [1.82, 2.24) is 0 Å². The number of nitrogen functional groups attached to an aromatic ring is 1. The van der Waals surface area contributed by atoms with Crippen LogP contribution in [0, 0.1) is 11.2 Å². The highest BCUT2D eigenvalue weighted by atomic mass is 19.3. The fourth-order valence-corrected chi connectivity index (χ4v) is 2.66. The average Bonchev–Trinajstić information content (AvgIpc) is 2.64. The minimum atomic E-state index is -3.07. The summed E-state index contributed by atoms with van der Waals surface area (Å²) in [5.41, 5.74) is 6.45. The molecule has 0 bridgehead atoms. The molecule has 0 aromatic heterocycles. The lowest BCUT2D eigenvalue weighted by molar-refractivity contribution is -0.0521. The van der Waals surface area contributed by atoms with E-state index in [-0.39, 0.29) is 17.1 Å². The molecule has 0 saturated heterocycles. The lowest BCUT2D eigenvalue weighted by Gasteiger charge is -2.29. The maximum Gasteiger partial charge on any atom is 0.387 e. The molecule has 1 fully saturated rings. The smallest absolute Gasteiger partial charge is 0.387 e. The van der Waals surface area contributed by atoms with E-state index in [4.69, 9.17) is 5.73 Å². The van der Waals surface area contributed by atoms with Crippen molar-refractivity contribution in [3.05, 3.63) is 17.9 Å². The van der Waals surface area contributed by atoms with Crippen LogP contribution in [0.25, 0.3) is 0 Å². The first-order chi connectivity index (χ1) is 9.29. The van der Waals surface area contributed by atoms with Crippen LogP contribution in [0.1, 0.15) is 33.1 Å². The van der Waals surface area contributed by atoms with E-state index in [1.54, 1.807) is 0 Å². The minimum absolute atomic E-state index is 0.0879. The summed E-state index contributed by atoms with van der Waals surface area (Å²) in [4.78, 5) is 0. The van der Waals surface area contributed by atoms with Crippen LogP contribution in [0.4, 0.5) is 24.5 Å². The topological polar surface area (TPSA) is 47.3 Å². The van der Waals surface area contributed by atoms with Gasteiger partial charge in [0.1, 0.15) is 0 Å². The third-order valence-electron chi connectivity index (χ3n) is 3.91. The summed E-state index contributed by atoms with van der Waals surface area (Å²) in [5.74, 6) is -1.38. The molecule has 0 spiro atoms. The number of alkyl halides is 2. The Morgan fingerprint density at radius 1 is 1.40 bits per heavy atom. The number of anilines is 2. The fraction of sp³-hybridized carbons (Fsp3) is 0.571. The molecule has 1 unspecified atom stereocenters. The summed E-state index contributed by atoms with van der Waals surface area (Å²) in [5, 5.41) is 3.22. The van der Waals surface area contributed by atoms with Crippen LogP contribution in [0.2, 0.25) is 0 Å². The molecular weight excluding hydrogens is 269 g/mol. The van der Waals surface area contributed by atoms with Crippen molar-refractivity contribution in [3.63, 3.8) is 0 Å². The van der Waals surface area contributed by atoms with E-state index in [1.165, 1.54) is 6.07 Å². The van der Waals surface area contributed by atoms with Crippen LogP contribution >= 0.6 is 0 Å². The molecule has 0 radical (unpaired) electrons. The number of rotatable bonds is 4. The van der Waals surface area contributed by atoms with Gasteiger partial charge in [0.25, 0.3) is 0 Å². The normalized spacial score (nSPS) is 21.2. The van der Waals surface area contributed by atoms with Gasteiger partial charge >= 0.3 is 6.61 Å². The first kappa shape index (κ1) is 14.8. The SMILES string of the molecule is CC1(C)CCCC1Nc1cc(OC(F)F)c(F)cc1N. The van der Waals surface area contributed by atoms with Gasteiger partial charge in [0.05, 0.1) is 11.4 Å². The summed E-state index contributed by atoms with van der Waals surface area (Å²) in [6.45, 7) is 1.20. The third-order valence-corrected chi connectivity index (χ3v) is 3.91. The maximum absolute atomic E-state index is 13.5. The number of ether oxygens (including phenoxy) is 1. The van der Waals surface area contributed by atoms with E-state index < -0.39 is 18.2 Å². The Balaban J connectivity index is 2.23. The standard InChI is InChI=1S/C14H19F3N2O/c1-14(2)5-3-4-12(14)19-10-7-11(20-13(16)17)8(15)6-9(10)18/h6-7,12-13,19H,3-5,18H2,1-2H3. The number of nitrogens with one attached hydrogen (secondary N) is 1. The summed E-state index contributed by atoms with van der Waals surface area (Å²) in [7, 11) is 0. The molecule has 2 rings (SSSR count). The van der Waals surface area contributed by atoms with Crippen LogP contribution < -0.4 is 15.8 Å². The van der Waals surface area contributed by atoms with Crippen molar-refractivity contribution < 1.29 is 17.9 Å². The number of hydrogen-bond donors (Lipinski definition) is 2. The molecule has 1 aliphatic carbocycles. The highest BCUT2D eigenvalue weighted by Gasteiger charge is 2.34. The molecule has 6 heteroatoms. The van der Waals surface area contributed by atoms with Crippen LogP contribution in [-0.4, -0.2) is 12.7 Å². The molecule has 1 atom stereocenters. The number of halogens is 3. The van der Waals surface area contributed by atoms with E-state index >= 15 is 0 Å². The molecule has 1 aromatic rings. The van der Waals surface area contributed by atoms with Gasteiger partial charge in [-0.1, -0.05) is 20.3 Å². The first-order valence-corrected chi connectivity index (χ1v) is 6.60.